The molecule has 0 atom stereocenters. The molecule has 0 unspecified atom stereocenters. The molecule has 1 amide bonds. The van der Waals surface area contributed by atoms with Crippen LogP contribution in [0.1, 0.15) is 19.8 Å². The Morgan fingerprint density at radius 3 is 2.56 bits per heavy atom. The van der Waals surface area contributed by atoms with Gasteiger partial charge in [0, 0.05) is 18.5 Å². The van der Waals surface area contributed by atoms with Crippen molar-refractivity contribution < 1.29 is 19.1 Å². The minimum atomic E-state index is -0.151. The maximum Gasteiger partial charge on any atom is 0.309 e. The molecule has 1 heterocycles. The van der Waals surface area contributed by atoms with Crippen molar-refractivity contribution in [3.05, 3.63) is 42.5 Å². The fourth-order valence-electron chi connectivity index (χ4n) is 3.18. The molecule has 2 aromatic rings. The van der Waals surface area contributed by atoms with Crippen LogP contribution in [0.2, 0.25) is 0 Å². The van der Waals surface area contributed by atoms with E-state index < -0.39 is 0 Å². The van der Waals surface area contributed by atoms with E-state index in [0.717, 1.165) is 10.8 Å². The summed E-state index contributed by atoms with van der Waals surface area (Å²) in [7, 11) is 0. The number of amides is 1. The molecule has 1 aliphatic heterocycles. The molecule has 0 N–H and O–H groups in total. The molecule has 5 nitrogen and oxygen atoms in total. The van der Waals surface area contributed by atoms with E-state index in [2.05, 4.69) is 0 Å². The first-order valence-electron chi connectivity index (χ1n) is 8.74. The summed E-state index contributed by atoms with van der Waals surface area (Å²) in [5, 5.41) is 2.08. The third-order valence-corrected chi connectivity index (χ3v) is 4.57. The Hall–Kier alpha value is -2.56. The van der Waals surface area contributed by atoms with Gasteiger partial charge in [0.25, 0.3) is 5.91 Å². The second kappa shape index (κ2) is 8.01. The number of nitrogens with zero attached hydrogens (tertiary/aromatic N) is 1. The number of likely N-dealkylation sites (tertiary alicyclic amines) is 1. The average Bonchev–Trinajstić information content (AvgIpc) is 2.66. The highest BCUT2D eigenvalue weighted by molar-refractivity contribution is 5.88. The summed E-state index contributed by atoms with van der Waals surface area (Å²) in [6.45, 7) is 3.36. The van der Waals surface area contributed by atoms with Crippen LogP contribution in [0, 0.1) is 5.92 Å². The Kier molecular flexibility index (Phi) is 5.53. The van der Waals surface area contributed by atoms with Crippen molar-refractivity contribution in [2.24, 2.45) is 5.92 Å². The molecule has 0 saturated carbocycles. The van der Waals surface area contributed by atoms with E-state index in [0.29, 0.717) is 38.3 Å². The van der Waals surface area contributed by atoms with E-state index in [9.17, 15) is 9.59 Å². The normalized spacial score (nSPS) is 15.2. The summed E-state index contributed by atoms with van der Waals surface area (Å²) in [5.41, 5.74) is 0. The Labute approximate surface area is 147 Å². The molecular weight excluding hydrogens is 318 g/mol. The van der Waals surface area contributed by atoms with Gasteiger partial charge in [0.2, 0.25) is 0 Å². The van der Waals surface area contributed by atoms with Gasteiger partial charge in [-0.15, -0.1) is 0 Å². The van der Waals surface area contributed by atoms with Gasteiger partial charge in [0.15, 0.2) is 6.61 Å². The van der Waals surface area contributed by atoms with E-state index >= 15 is 0 Å². The standard InChI is InChI=1S/C20H23NO4/c1-2-24-20(23)16-10-12-21(13-11-16)19(22)14-25-18-9-5-7-15-6-3-4-8-17(15)18/h3-9,16H,2,10-14H2,1H3. The van der Waals surface area contributed by atoms with Gasteiger partial charge in [-0.1, -0.05) is 36.4 Å². The number of ether oxygens (including phenoxy) is 2. The maximum atomic E-state index is 12.4. The summed E-state index contributed by atoms with van der Waals surface area (Å²) in [4.78, 5) is 25.9. The van der Waals surface area contributed by atoms with E-state index in [1.54, 1.807) is 11.8 Å². The molecule has 1 aliphatic rings. The van der Waals surface area contributed by atoms with Gasteiger partial charge >= 0.3 is 5.97 Å². The number of piperidine rings is 1. The molecule has 132 valence electrons. The lowest BCUT2D eigenvalue weighted by Gasteiger charge is -2.30. The predicted molar refractivity (Wildman–Crippen MR) is 95.4 cm³/mol. The van der Waals surface area contributed by atoms with Crippen LogP contribution in [0.5, 0.6) is 5.75 Å². The van der Waals surface area contributed by atoms with Crippen LogP contribution in [0.3, 0.4) is 0 Å². The number of hydrogen-bond acceptors (Lipinski definition) is 4. The van der Waals surface area contributed by atoms with Crippen LogP contribution < -0.4 is 4.74 Å². The predicted octanol–water partition coefficient (Wildman–Crippen LogP) is 3.02. The Morgan fingerprint density at radius 2 is 1.80 bits per heavy atom. The molecule has 0 bridgehead atoms. The Bertz CT molecular complexity index is 745. The summed E-state index contributed by atoms with van der Waals surface area (Å²) in [5.74, 6) is 0.424. The minimum absolute atomic E-state index is 0.0120. The number of hydrogen-bond donors (Lipinski definition) is 0. The third kappa shape index (κ3) is 4.10. The van der Waals surface area contributed by atoms with Crippen molar-refractivity contribution >= 4 is 22.6 Å². The third-order valence-electron chi connectivity index (χ3n) is 4.57. The second-order valence-electron chi connectivity index (χ2n) is 6.17. The number of esters is 1. The minimum Gasteiger partial charge on any atom is -0.483 e. The molecule has 3 rings (SSSR count). The number of rotatable bonds is 5. The van der Waals surface area contributed by atoms with Crippen LogP contribution in [0.25, 0.3) is 10.8 Å². The lowest BCUT2D eigenvalue weighted by Crippen LogP contribution is -2.42. The Balaban J connectivity index is 1.54. The monoisotopic (exact) mass is 341 g/mol. The quantitative estimate of drug-likeness (QED) is 0.785. The highest BCUT2D eigenvalue weighted by Gasteiger charge is 2.28. The van der Waals surface area contributed by atoms with Crippen molar-refractivity contribution in [3.8, 4) is 5.75 Å². The summed E-state index contributed by atoms with van der Waals surface area (Å²) in [6.07, 6.45) is 1.30. The van der Waals surface area contributed by atoms with Crippen molar-refractivity contribution in [3.63, 3.8) is 0 Å². The van der Waals surface area contributed by atoms with Crippen LogP contribution >= 0.6 is 0 Å². The van der Waals surface area contributed by atoms with Gasteiger partial charge in [-0.3, -0.25) is 9.59 Å². The smallest absolute Gasteiger partial charge is 0.309 e. The SMILES string of the molecule is CCOC(=O)C1CCN(C(=O)COc2cccc3ccccc23)CC1. The van der Waals surface area contributed by atoms with Crippen LogP contribution in [-0.4, -0.2) is 43.1 Å². The molecule has 0 aromatic heterocycles. The van der Waals surface area contributed by atoms with E-state index in [4.69, 9.17) is 9.47 Å². The summed E-state index contributed by atoms with van der Waals surface area (Å²) in [6, 6.07) is 13.8. The zero-order chi connectivity index (χ0) is 17.6. The first-order chi connectivity index (χ1) is 12.2. The topological polar surface area (TPSA) is 55.8 Å². The molecule has 0 spiro atoms. The average molecular weight is 341 g/mol. The zero-order valence-corrected chi connectivity index (χ0v) is 14.4. The molecule has 5 heteroatoms. The molecule has 0 radical (unpaired) electrons. The number of carbonyl (C=O) groups is 2. The van der Waals surface area contributed by atoms with Crippen molar-refractivity contribution in [1.82, 2.24) is 4.90 Å². The molecule has 2 aromatic carbocycles. The van der Waals surface area contributed by atoms with Gasteiger partial charge in [0.05, 0.1) is 12.5 Å². The van der Waals surface area contributed by atoms with Crippen LogP contribution in [-0.2, 0) is 14.3 Å². The van der Waals surface area contributed by atoms with Gasteiger partial charge in [-0.05, 0) is 31.2 Å². The highest BCUT2D eigenvalue weighted by atomic mass is 16.5. The number of carbonyl (C=O) groups excluding carboxylic acids is 2. The molecule has 1 fully saturated rings. The van der Waals surface area contributed by atoms with E-state index in [1.807, 2.05) is 42.5 Å². The molecular formula is C20H23NO4. The number of fused-ring (bicyclic) bond motifs is 1. The van der Waals surface area contributed by atoms with Gasteiger partial charge in [-0.25, -0.2) is 0 Å². The Morgan fingerprint density at radius 1 is 1.08 bits per heavy atom. The molecule has 0 aliphatic carbocycles. The zero-order valence-electron chi connectivity index (χ0n) is 14.4. The largest absolute Gasteiger partial charge is 0.483 e. The fraction of sp³-hybridized carbons (Fsp3) is 0.400. The maximum absolute atomic E-state index is 12.4. The lowest BCUT2D eigenvalue weighted by atomic mass is 9.97. The molecule has 1 saturated heterocycles. The van der Waals surface area contributed by atoms with Gasteiger partial charge in [0.1, 0.15) is 5.75 Å². The fourth-order valence-corrected chi connectivity index (χ4v) is 3.18. The van der Waals surface area contributed by atoms with Crippen molar-refractivity contribution in [1.29, 1.82) is 0 Å². The van der Waals surface area contributed by atoms with Crippen molar-refractivity contribution in [2.45, 2.75) is 19.8 Å². The highest BCUT2D eigenvalue weighted by Crippen LogP contribution is 2.25. The second-order valence-corrected chi connectivity index (χ2v) is 6.17. The number of benzene rings is 2. The first kappa shape index (κ1) is 17.3. The first-order valence-corrected chi connectivity index (χ1v) is 8.74. The van der Waals surface area contributed by atoms with Crippen LogP contribution in [0.15, 0.2) is 42.5 Å². The van der Waals surface area contributed by atoms with Gasteiger partial charge < -0.3 is 14.4 Å². The van der Waals surface area contributed by atoms with E-state index in [-0.39, 0.29) is 24.4 Å². The van der Waals surface area contributed by atoms with Crippen LogP contribution in [0.4, 0.5) is 0 Å². The van der Waals surface area contributed by atoms with Crippen molar-refractivity contribution in [2.75, 3.05) is 26.3 Å². The van der Waals surface area contributed by atoms with Gasteiger partial charge in [-0.2, -0.15) is 0 Å². The molecule has 25 heavy (non-hydrogen) atoms. The summed E-state index contributed by atoms with van der Waals surface area (Å²) >= 11 is 0. The summed E-state index contributed by atoms with van der Waals surface area (Å²) < 4.78 is 10.8. The lowest BCUT2D eigenvalue weighted by molar-refractivity contribution is -0.151. The van der Waals surface area contributed by atoms with E-state index in [1.165, 1.54) is 0 Å².